The van der Waals surface area contributed by atoms with Gasteiger partial charge in [0.1, 0.15) is 5.75 Å². The molecule has 1 aliphatic carbocycles. The first-order chi connectivity index (χ1) is 9.17. The molecule has 0 amide bonds. The van der Waals surface area contributed by atoms with E-state index in [0.29, 0.717) is 6.10 Å². The highest BCUT2D eigenvalue weighted by Gasteiger charge is 2.34. The van der Waals surface area contributed by atoms with Crippen LogP contribution in [0.2, 0.25) is 0 Å². The maximum atomic E-state index is 12.6. The first kappa shape index (κ1) is 12.7. The van der Waals surface area contributed by atoms with Crippen LogP contribution in [0.25, 0.3) is 0 Å². The van der Waals surface area contributed by atoms with Crippen molar-refractivity contribution in [3.8, 4) is 5.75 Å². The zero-order valence-electron chi connectivity index (χ0n) is 11.4. The third-order valence-corrected chi connectivity index (χ3v) is 4.06. The van der Waals surface area contributed by atoms with Gasteiger partial charge in [-0.3, -0.25) is 4.79 Å². The minimum atomic E-state index is -0.392. The highest BCUT2D eigenvalue weighted by molar-refractivity contribution is 6.03. The number of carbonyl (C=O) groups is 1. The van der Waals surface area contributed by atoms with Crippen LogP contribution in [0.15, 0.2) is 24.3 Å². The molecule has 3 nitrogen and oxygen atoms in total. The summed E-state index contributed by atoms with van der Waals surface area (Å²) in [5.41, 5.74) is 0.386. The Morgan fingerprint density at radius 3 is 2.58 bits per heavy atom. The van der Waals surface area contributed by atoms with E-state index in [1.807, 2.05) is 31.2 Å². The molecule has 2 aliphatic rings. The van der Waals surface area contributed by atoms with Gasteiger partial charge in [-0.1, -0.05) is 0 Å². The van der Waals surface area contributed by atoms with Gasteiger partial charge in [0, 0.05) is 5.56 Å². The summed E-state index contributed by atoms with van der Waals surface area (Å²) in [6, 6.07) is 7.61. The van der Waals surface area contributed by atoms with Crippen LogP contribution < -0.4 is 10.1 Å². The number of piperidine rings is 1. The van der Waals surface area contributed by atoms with E-state index >= 15 is 0 Å². The summed E-state index contributed by atoms with van der Waals surface area (Å²) in [6.07, 6.45) is 5.92. The molecular weight excluding hydrogens is 238 g/mol. The molecule has 1 heterocycles. The second kappa shape index (κ2) is 4.97. The quantitative estimate of drug-likeness (QED) is 0.845. The van der Waals surface area contributed by atoms with Gasteiger partial charge in [-0.25, -0.2) is 0 Å². The fraction of sp³-hybridized carbons (Fsp3) is 0.562. The molecule has 3 rings (SSSR count). The Bertz CT molecular complexity index is 456. The largest absolute Gasteiger partial charge is 0.490 e. The van der Waals surface area contributed by atoms with E-state index in [2.05, 4.69) is 5.32 Å². The van der Waals surface area contributed by atoms with Crippen molar-refractivity contribution in [1.82, 2.24) is 5.32 Å². The molecule has 19 heavy (non-hydrogen) atoms. The Hall–Kier alpha value is -1.35. The Labute approximate surface area is 114 Å². The van der Waals surface area contributed by atoms with Gasteiger partial charge >= 0.3 is 0 Å². The summed E-state index contributed by atoms with van der Waals surface area (Å²) in [5, 5.41) is 3.37. The van der Waals surface area contributed by atoms with E-state index in [1.165, 1.54) is 0 Å². The van der Waals surface area contributed by atoms with Gasteiger partial charge in [-0.15, -0.1) is 0 Å². The zero-order valence-corrected chi connectivity index (χ0v) is 11.4. The molecule has 102 valence electrons. The molecule has 1 aromatic carbocycles. The van der Waals surface area contributed by atoms with Crippen molar-refractivity contribution in [3.63, 3.8) is 0 Å². The normalized spacial score (nSPS) is 27.0. The monoisotopic (exact) mass is 259 g/mol. The van der Waals surface area contributed by atoms with E-state index in [-0.39, 0.29) is 5.78 Å². The first-order valence-electron chi connectivity index (χ1n) is 7.24. The molecule has 1 N–H and O–H groups in total. The third-order valence-electron chi connectivity index (χ3n) is 4.06. The Morgan fingerprint density at radius 2 is 2.00 bits per heavy atom. The fourth-order valence-corrected chi connectivity index (χ4v) is 2.63. The molecule has 1 aromatic rings. The molecule has 0 bridgehead atoms. The molecule has 1 unspecified atom stereocenters. The molecule has 2 fully saturated rings. The average molecular weight is 259 g/mol. The van der Waals surface area contributed by atoms with Gasteiger partial charge in [0.15, 0.2) is 5.78 Å². The average Bonchev–Trinajstić information content (AvgIpc) is 3.24. The number of hydrogen-bond acceptors (Lipinski definition) is 3. The predicted molar refractivity (Wildman–Crippen MR) is 74.7 cm³/mol. The second-order valence-electron chi connectivity index (χ2n) is 5.89. The number of nitrogens with one attached hydrogen (secondary N) is 1. The van der Waals surface area contributed by atoms with E-state index in [9.17, 15) is 4.79 Å². The summed E-state index contributed by atoms with van der Waals surface area (Å²) in [5.74, 6) is 1.07. The van der Waals surface area contributed by atoms with E-state index < -0.39 is 5.54 Å². The molecule has 1 atom stereocenters. The topological polar surface area (TPSA) is 38.3 Å². The number of rotatable bonds is 4. The minimum absolute atomic E-state index is 0.199. The molecule has 1 aliphatic heterocycles. The molecule has 0 spiro atoms. The highest BCUT2D eigenvalue weighted by Crippen LogP contribution is 2.28. The van der Waals surface area contributed by atoms with Crippen LogP contribution in [0.4, 0.5) is 0 Å². The molecule has 3 heteroatoms. The zero-order chi connectivity index (χ0) is 13.3. The standard InChI is InChI=1S/C16H21NO2/c1-16(10-2-3-11-17-16)15(18)12-4-6-13(7-5-12)19-14-8-9-14/h4-7,14,17H,2-3,8-11H2,1H3. The fourth-order valence-electron chi connectivity index (χ4n) is 2.63. The molecule has 1 saturated heterocycles. The lowest BCUT2D eigenvalue weighted by molar-refractivity contribution is 0.0835. The lowest BCUT2D eigenvalue weighted by Crippen LogP contribution is -2.52. The highest BCUT2D eigenvalue weighted by atomic mass is 16.5. The first-order valence-corrected chi connectivity index (χ1v) is 7.24. The van der Waals surface area contributed by atoms with Crippen molar-refractivity contribution < 1.29 is 9.53 Å². The Kier molecular flexibility index (Phi) is 3.31. The van der Waals surface area contributed by atoms with Crippen LogP contribution in [-0.4, -0.2) is 24.0 Å². The number of hydrogen-bond donors (Lipinski definition) is 1. The number of ketones is 1. The predicted octanol–water partition coefficient (Wildman–Crippen LogP) is 2.94. The number of benzene rings is 1. The van der Waals surface area contributed by atoms with Crippen molar-refractivity contribution in [3.05, 3.63) is 29.8 Å². The molecule has 1 saturated carbocycles. The summed E-state index contributed by atoms with van der Waals surface area (Å²) in [7, 11) is 0. The SMILES string of the molecule is CC1(C(=O)c2ccc(OC3CC3)cc2)CCCCN1. The van der Waals surface area contributed by atoms with Gasteiger partial charge in [-0.05, 0) is 69.8 Å². The van der Waals surface area contributed by atoms with Gasteiger partial charge in [0.05, 0.1) is 11.6 Å². The Balaban J connectivity index is 1.71. The number of carbonyl (C=O) groups excluding carboxylic acids is 1. The molecular formula is C16H21NO2. The smallest absolute Gasteiger partial charge is 0.182 e. The van der Waals surface area contributed by atoms with E-state index in [4.69, 9.17) is 4.74 Å². The number of ether oxygens (including phenoxy) is 1. The summed E-state index contributed by atoms with van der Waals surface area (Å²) in [4.78, 5) is 12.6. The summed E-state index contributed by atoms with van der Waals surface area (Å²) in [6.45, 7) is 2.95. The van der Waals surface area contributed by atoms with Crippen molar-refractivity contribution in [1.29, 1.82) is 0 Å². The van der Waals surface area contributed by atoms with Crippen LogP contribution >= 0.6 is 0 Å². The maximum Gasteiger partial charge on any atom is 0.182 e. The van der Waals surface area contributed by atoms with Crippen molar-refractivity contribution >= 4 is 5.78 Å². The van der Waals surface area contributed by atoms with Crippen molar-refractivity contribution in [2.75, 3.05) is 6.54 Å². The minimum Gasteiger partial charge on any atom is -0.490 e. The Morgan fingerprint density at radius 1 is 1.26 bits per heavy atom. The third kappa shape index (κ3) is 2.81. The lowest BCUT2D eigenvalue weighted by Gasteiger charge is -2.33. The van der Waals surface area contributed by atoms with E-state index in [1.54, 1.807) is 0 Å². The summed E-state index contributed by atoms with van der Waals surface area (Å²) >= 11 is 0. The van der Waals surface area contributed by atoms with Crippen LogP contribution in [-0.2, 0) is 0 Å². The van der Waals surface area contributed by atoms with Gasteiger partial charge < -0.3 is 10.1 Å². The van der Waals surface area contributed by atoms with E-state index in [0.717, 1.165) is 50.0 Å². The van der Waals surface area contributed by atoms with Gasteiger partial charge in [0.25, 0.3) is 0 Å². The van der Waals surface area contributed by atoms with Gasteiger partial charge in [-0.2, -0.15) is 0 Å². The van der Waals surface area contributed by atoms with Crippen molar-refractivity contribution in [2.24, 2.45) is 0 Å². The number of Topliss-reactive ketones (excluding diaryl/α,β-unsaturated/α-hetero) is 1. The molecule has 0 aromatic heterocycles. The van der Waals surface area contributed by atoms with Crippen molar-refractivity contribution in [2.45, 2.75) is 50.7 Å². The lowest BCUT2D eigenvalue weighted by atomic mass is 9.84. The second-order valence-corrected chi connectivity index (χ2v) is 5.89. The van der Waals surface area contributed by atoms with Gasteiger partial charge in [0.2, 0.25) is 0 Å². The summed E-state index contributed by atoms with van der Waals surface area (Å²) < 4.78 is 5.70. The van der Waals surface area contributed by atoms with Crippen LogP contribution in [0.1, 0.15) is 49.4 Å². The molecule has 0 radical (unpaired) electrons. The van der Waals surface area contributed by atoms with Crippen LogP contribution in [0.5, 0.6) is 5.75 Å². The maximum absolute atomic E-state index is 12.6. The van der Waals surface area contributed by atoms with Crippen LogP contribution in [0, 0.1) is 0 Å². The van der Waals surface area contributed by atoms with Crippen LogP contribution in [0.3, 0.4) is 0 Å².